The van der Waals surface area contributed by atoms with Gasteiger partial charge in [0, 0.05) is 22.4 Å². The molecule has 3 atom stereocenters. The number of aromatic nitrogens is 1. The first kappa shape index (κ1) is 19.1. The zero-order valence-electron chi connectivity index (χ0n) is 15.5. The fourth-order valence-electron chi connectivity index (χ4n) is 4.03. The molecule has 2 aliphatic rings. The van der Waals surface area contributed by atoms with Gasteiger partial charge in [-0.25, -0.2) is 9.96 Å². The standard InChI is InChI=1S/C22H15Cl2N3O3/c23-14-9-15(24)11-17(10-14)26-21(28)18-19(13-5-4-8-25-12-13)27(30-20(18)22(26)29)16-6-2-1-3-7-16/h1-12,18-20H. The van der Waals surface area contributed by atoms with Gasteiger partial charge in [0.05, 0.1) is 17.4 Å². The Balaban J connectivity index is 1.59. The number of para-hydroxylation sites is 1. The molecular formula is C22H15Cl2N3O3. The number of nitrogens with zero attached hydrogens (tertiary/aromatic N) is 3. The number of hydrogen-bond donors (Lipinski definition) is 0. The Hall–Kier alpha value is -2.93. The smallest absolute Gasteiger partial charge is 0.266 e. The predicted octanol–water partition coefficient (Wildman–Crippen LogP) is 4.44. The van der Waals surface area contributed by atoms with Gasteiger partial charge in [0.25, 0.3) is 5.91 Å². The van der Waals surface area contributed by atoms with Crippen LogP contribution in [0, 0.1) is 5.92 Å². The lowest BCUT2D eigenvalue weighted by molar-refractivity contribution is -0.126. The first-order valence-electron chi connectivity index (χ1n) is 9.29. The molecule has 8 heteroatoms. The molecule has 0 spiro atoms. The SMILES string of the molecule is O=C1C2ON(c3ccccc3)C(c3cccnc3)C2C(=O)N1c1cc(Cl)cc(Cl)c1. The van der Waals surface area contributed by atoms with E-state index in [0.29, 0.717) is 15.7 Å². The van der Waals surface area contributed by atoms with Crippen LogP contribution < -0.4 is 9.96 Å². The number of anilines is 2. The van der Waals surface area contributed by atoms with Gasteiger partial charge < -0.3 is 0 Å². The van der Waals surface area contributed by atoms with Crippen LogP contribution in [0.2, 0.25) is 10.0 Å². The molecule has 0 N–H and O–H groups in total. The highest BCUT2D eigenvalue weighted by Crippen LogP contribution is 2.47. The molecule has 0 aliphatic carbocycles. The van der Waals surface area contributed by atoms with Gasteiger partial charge in [-0.05, 0) is 42.0 Å². The second-order valence-electron chi connectivity index (χ2n) is 7.08. The van der Waals surface area contributed by atoms with Crippen molar-refractivity contribution >= 4 is 46.4 Å². The van der Waals surface area contributed by atoms with Crippen molar-refractivity contribution in [1.29, 1.82) is 0 Å². The van der Waals surface area contributed by atoms with Crippen molar-refractivity contribution in [1.82, 2.24) is 4.98 Å². The van der Waals surface area contributed by atoms with Crippen molar-refractivity contribution in [3.05, 3.63) is 88.7 Å². The topological polar surface area (TPSA) is 62.7 Å². The van der Waals surface area contributed by atoms with E-state index in [9.17, 15) is 9.59 Å². The Labute approximate surface area is 182 Å². The van der Waals surface area contributed by atoms with Gasteiger partial charge in [-0.1, -0.05) is 47.5 Å². The lowest BCUT2D eigenvalue weighted by atomic mass is 9.91. The third-order valence-electron chi connectivity index (χ3n) is 5.26. The van der Waals surface area contributed by atoms with Crippen molar-refractivity contribution in [2.75, 3.05) is 9.96 Å². The van der Waals surface area contributed by atoms with E-state index in [0.717, 1.165) is 16.2 Å². The summed E-state index contributed by atoms with van der Waals surface area (Å²) in [6.45, 7) is 0. The molecule has 2 amide bonds. The Kier molecular flexibility index (Phi) is 4.70. The summed E-state index contributed by atoms with van der Waals surface area (Å²) in [5.41, 5.74) is 1.86. The number of carbonyl (C=O) groups is 2. The minimum Gasteiger partial charge on any atom is -0.273 e. The molecule has 2 saturated heterocycles. The van der Waals surface area contributed by atoms with E-state index in [1.807, 2.05) is 36.4 Å². The summed E-state index contributed by atoms with van der Waals surface area (Å²) in [6, 6.07) is 17.1. The van der Waals surface area contributed by atoms with E-state index < -0.39 is 24.0 Å². The van der Waals surface area contributed by atoms with Crippen LogP contribution in [0.5, 0.6) is 0 Å². The number of hydroxylamine groups is 1. The van der Waals surface area contributed by atoms with E-state index in [1.165, 1.54) is 0 Å². The maximum Gasteiger partial charge on any atom is 0.266 e. The van der Waals surface area contributed by atoms with E-state index in [-0.39, 0.29) is 5.91 Å². The highest BCUT2D eigenvalue weighted by atomic mass is 35.5. The van der Waals surface area contributed by atoms with Crippen LogP contribution in [0.15, 0.2) is 73.1 Å². The minimum atomic E-state index is -0.958. The molecule has 3 unspecified atom stereocenters. The molecule has 150 valence electrons. The van der Waals surface area contributed by atoms with Gasteiger partial charge in [0.1, 0.15) is 5.92 Å². The van der Waals surface area contributed by atoms with E-state index in [1.54, 1.807) is 41.7 Å². The summed E-state index contributed by atoms with van der Waals surface area (Å²) in [5, 5.41) is 2.31. The number of hydrogen-bond acceptors (Lipinski definition) is 5. The molecule has 1 aromatic heterocycles. The van der Waals surface area contributed by atoms with Gasteiger partial charge in [0.15, 0.2) is 6.10 Å². The van der Waals surface area contributed by atoms with Crippen LogP contribution in [0.25, 0.3) is 0 Å². The summed E-state index contributed by atoms with van der Waals surface area (Å²) in [4.78, 5) is 38.1. The molecule has 0 radical (unpaired) electrons. The average molecular weight is 440 g/mol. The Bertz CT molecular complexity index is 1110. The molecular weight excluding hydrogens is 425 g/mol. The lowest BCUT2D eigenvalue weighted by Crippen LogP contribution is -2.37. The number of amides is 2. The van der Waals surface area contributed by atoms with Crippen LogP contribution in [0.1, 0.15) is 11.6 Å². The van der Waals surface area contributed by atoms with Crippen LogP contribution in [0.3, 0.4) is 0 Å². The Morgan fingerprint density at radius 3 is 2.27 bits per heavy atom. The summed E-state index contributed by atoms with van der Waals surface area (Å²) in [6.07, 6.45) is 2.38. The molecule has 2 fully saturated rings. The highest BCUT2D eigenvalue weighted by molar-refractivity contribution is 6.35. The molecule has 5 rings (SSSR count). The number of halogens is 2. The predicted molar refractivity (Wildman–Crippen MR) is 113 cm³/mol. The molecule has 2 aromatic carbocycles. The van der Waals surface area contributed by atoms with Gasteiger partial charge in [-0.3, -0.25) is 19.4 Å². The second kappa shape index (κ2) is 7.40. The lowest BCUT2D eigenvalue weighted by Gasteiger charge is -2.28. The number of fused-ring (bicyclic) bond motifs is 1. The normalized spacial score (nSPS) is 23.2. The first-order valence-corrected chi connectivity index (χ1v) is 10.0. The third-order valence-corrected chi connectivity index (χ3v) is 5.69. The number of imide groups is 1. The summed E-state index contributed by atoms with van der Waals surface area (Å²) in [5.74, 6) is -1.55. The number of pyridine rings is 1. The van der Waals surface area contributed by atoms with Gasteiger partial charge >= 0.3 is 0 Å². The molecule has 3 aromatic rings. The van der Waals surface area contributed by atoms with Gasteiger partial charge in [-0.2, -0.15) is 0 Å². The molecule has 0 bridgehead atoms. The number of benzene rings is 2. The van der Waals surface area contributed by atoms with Crippen molar-refractivity contribution < 1.29 is 14.4 Å². The van der Waals surface area contributed by atoms with Crippen molar-refractivity contribution in [3.63, 3.8) is 0 Å². The Morgan fingerprint density at radius 1 is 0.867 bits per heavy atom. The summed E-state index contributed by atoms with van der Waals surface area (Å²) < 4.78 is 0. The average Bonchev–Trinajstić information content (AvgIpc) is 3.25. The van der Waals surface area contributed by atoms with Crippen LogP contribution >= 0.6 is 23.2 Å². The summed E-state index contributed by atoms with van der Waals surface area (Å²) in [7, 11) is 0. The van der Waals surface area contributed by atoms with Gasteiger partial charge in [0.2, 0.25) is 5.91 Å². The minimum absolute atomic E-state index is 0.330. The van der Waals surface area contributed by atoms with E-state index in [4.69, 9.17) is 28.0 Å². The van der Waals surface area contributed by atoms with Crippen LogP contribution in [-0.2, 0) is 14.4 Å². The second-order valence-corrected chi connectivity index (χ2v) is 7.96. The number of carbonyl (C=O) groups excluding carboxylic acids is 2. The largest absolute Gasteiger partial charge is 0.273 e. The number of rotatable bonds is 3. The molecule has 3 heterocycles. The van der Waals surface area contributed by atoms with Crippen LogP contribution in [-0.4, -0.2) is 22.9 Å². The van der Waals surface area contributed by atoms with Gasteiger partial charge in [-0.15, -0.1) is 0 Å². The zero-order valence-corrected chi connectivity index (χ0v) is 17.0. The Morgan fingerprint density at radius 2 is 1.60 bits per heavy atom. The third kappa shape index (κ3) is 3.04. The van der Waals surface area contributed by atoms with E-state index in [2.05, 4.69) is 4.98 Å². The summed E-state index contributed by atoms with van der Waals surface area (Å²) >= 11 is 12.2. The highest BCUT2D eigenvalue weighted by Gasteiger charge is 2.60. The van der Waals surface area contributed by atoms with Crippen molar-refractivity contribution in [2.24, 2.45) is 5.92 Å². The maximum absolute atomic E-state index is 13.5. The monoisotopic (exact) mass is 439 g/mol. The molecule has 2 aliphatic heterocycles. The molecule has 6 nitrogen and oxygen atoms in total. The van der Waals surface area contributed by atoms with E-state index >= 15 is 0 Å². The van der Waals surface area contributed by atoms with Crippen molar-refractivity contribution in [3.8, 4) is 0 Å². The molecule has 0 saturated carbocycles. The maximum atomic E-state index is 13.5. The zero-order chi connectivity index (χ0) is 20.8. The quantitative estimate of drug-likeness (QED) is 0.564. The first-order chi connectivity index (χ1) is 14.5. The van der Waals surface area contributed by atoms with Crippen molar-refractivity contribution in [2.45, 2.75) is 12.1 Å². The van der Waals surface area contributed by atoms with Crippen LogP contribution in [0.4, 0.5) is 11.4 Å². The molecule has 30 heavy (non-hydrogen) atoms. The fraction of sp³-hybridized carbons (Fsp3) is 0.136. The fourth-order valence-corrected chi connectivity index (χ4v) is 4.54.